The Hall–Kier alpha value is -1.53. The van der Waals surface area contributed by atoms with Gasteiger partial charge in [-0.25, -0.2) is 0 Å². The summed E-state index contributed by atoms with van der Waals surface area (Å²) < 4.78 is 10.8. The molecule has 1 aromatic carbocycles. The Kier molecular flexibility index (Phi) is 5.46. The highest BCUT2D eigenvalue weighted by molar-refractivity contribution is 6.42. The van der Waals surface area contributed by atoms with Crippen molar-refractivity contribution in [2.45, 2.75) is 12.6 Å². The van der Waals surface area contributed by atoms with Crippen LogP contribution in [0.15, 0.2) is 35.3 Å². The van der Waals surface area contributed by atoms with Gasteiger partial charge in [-0.15, -0.1) is 0 Å². The molecule has 0 spiro atoms. The molecule has 2 aromatic rings. The monoisotopic (exact) mass is 368 g/mol. The molecule has 1 fully saturated rings. The summed E-state index contributed by atoms with van der Waals surface area (Å²) in [5, 5.41) is 1.05. The second kappa shape index (κ2) is 7.57. The maximum atomic E-state index is 11.9. The van der Waals surface area contributed by atoms with Crippen LogP contribution in [0.2, 0.25) is 10.0 Å². The Morgan fingerprint density at radius 1 is 1.33 bits per heavy atom. The van der Waals surface area contributed by atoms with Gasteiger partial charge < -0.3 is 14.5 Å². The van der Waals surface area contributed by atoms with E-state index in [1.165, 1.54) is 7.11 Å². The first-order chi connectivity index (χ1) is 11.6. The average molecular weight is 369 g/mol. The van der Waals surface area contributed by atoms with Crippen molar-refractivity contribution >= 4 is 23.2 Å². The number of nitrogens with one attached hydrogen (secondary N) is 1. The lowest BCUT2D eigenvalue weighted by Crippen LogP contribution is -2.38. The highest BCUT2D eigenvalue weighted by Gasteiger charge is 2.23. The smallest absolute Gasteiger partial charge is 0.223 e. The molecule has 128 valence electrons. The summed E-state index contributed by atoms with van der Waals surface area (Å²) >= 11 is 12.1. The molecule has 0 bridgehead atoms. The van der Waals surface area contributed by atoms with Crippen molar-refractivity contribution in [1.29, 1.82) is 0 Å². The number of aromatic amines is 1. The first-order valence-corrected chi connectivity index (χ1v) is 8.37. The van der Waals surface area contributed by atoms with Gasteiger partial charge in [-0.05, 0) is 17.7 Å². The second-order valence-electron chi connectivity index (χ2n) is 5.66. The fraction of sp³-hybridized carbons (Fsp3) is 0.353. The minimum Gasteiger partial charge on any atom is -0.491 e. The maximum Gasteiger partial charge on any atom is 0.223 e. The van der Waals surface area contributed by atoms with Gasteiger partial charge >= 0.3 is 0 Å². The van der Waals surface area contributed by atoms with E-state index < -0.39 is 0 Å². The lowest BCUT2D eigenvalue weighted by molar-refractivity contribution is -0.0332. The SMILES string of the molecule is COc1c[nH]c(CN2CCOC(c3ccc(Cl)c(Cl)c3)C2)cc1=O. The van der Waals surface area contributed by atoms with Crippen molar-refractivity contribution in [3.8, 4) is 5.75 Å². The Bertz CT molecular complexity index is 779. The van der Waals surface area contributed by atoms with Gasteiger partial charge in [-0.1, -0.05) is 29.3 Å². The molecule has 0 aliphatic carbocycles. The van der Waals surface area contributed by atoms with Crippen molar-refractivity contribution in [2.24, 2.45) is 0 Å². The molecule has 24 heavy (non-hydrogen) atoms. The van der Waals surface area contributed by atoms with Crippen LogP contribution < -0.4 is 10.2 Å². The second-order valence-corrected chi connectivity index (χ2v) is 6.47. The normalized spacial score (nSPS) is 18.5. The Morgan fingerprint density at radius 3 is 2.88 bits per heavy atom. The van der Waals surface area contributed by atoms with E-state index in [1.807, 2.05) is 12.1 Å². The van der Waals surface area contributed by atoms with Crippen LogP contribution in [-0.2, 0) is 11.3 Å². The molecule has 7 heteroatoms. The Balaban J connectivity index is 1.70. The maximum absolute atomic E-state index is 11.9. The number of hydrogen-bond donors (Lipinski definition) is 1. The van der Waals surface area contributed by atoms with Crippen LogP contribution >= 0.6 is 23.2 Å². The van der Waals surface area contributed by atoms with Gasteiger partial charge in [0, 0.05) is 37.6 Å². The first kappa shape index (κ1) is 17.3. The third-order valence-corrected chi connectivity index (χ3v) is 4.76. The number of aromatic nitrogens is 1. The molecule has 1 aromatic heterocycles. The number of ether oxygens (including phenoxy) is 2. The van der Waals surface area contributed by atoms with E-state index in [0.29, 0.717) is 35.5 Å². The molecule has 5 nitrogen and oxygen atoms in total. The number of pyridine rings is 1. The molecular formula is C17H18Cl2N2O3. The summed E-state index contributed by atoms with van der Waals surface area (Å²) in [4.78, 5) is 17.2. The van der Waals surface area contributed by atoms with E-state index >= 15 is 0 Å². The van der Waals surface area contributed by atoms with Gasteiger partial charge in [0.1, 0.15) is 0 Å². The fourth-order valence-corrected chi connectivity index (χ4v) is 3.06. The third-order valence-electron chi connectivity index (χ3n) is 4.02. The predicted molar refractivity (Wildman–Crippen MR) is 94.0 cm³/mol. The van der Waals surface area contributed by atoms with Gasteiger partial charge in [0.05, 0.1) is 29.9 Å². The number of methoxy groups -OCH3 is 1. The summed E-state index contributed by atoms with van der Waals surface area (Å²) in [5.41, 5.74) is 1.72. The zero-order valence-corrected chi connectivity index (χ0v) is 14.7. The van der Waals surface area contributed by atoms with Crippen LogP contribution in [0.1, 0.15) is 17.4 Å². The summed E-state index contributed by atoms with van der Waals surface area (Å²) in [6.45, 7) is 2.77. The van der Waals surface area contributed by atoms with E-state index in [9.17, 15) is 4.79 Å². The van der Waals surface area contributed by atoms with Crippen molar-refractivity contribution in [1.82, 2.24) is 9.88 Å². The number of rotatable bonds is 4. The van der Waals surface area contributed by atoms with Crippen LogP contribution in [0, 0.1) is 0 Å². The van der Waals surface area contributed by atoms with Crippen LogP contribution in [0.25, 0.3) is 0 Å². The van der Waals surface area contributed by atoms with E-state index in [4.69, 9.17) is 32.7 Å². The van der Waals surface area contributed by atoms with E-state index in [-0.39, 0.29) is 11.5 Å². The molecule has 0 saturated carbocycles. The lowest BCUT2D eigenvalue weighted by Gasteiger charge is -2.33. The van der Waals surface area contributed by atoms with Crippen LogP contribution in [0.5, 0.6) is 5.75 Å². The summed E-state index contributed by atoms with van der Waals surface area (Å²) in [6, 6.07) is 7.12. The zero-order chi connectivity index (χ0) is 17.1. The molecule has 1 saturated heterocycles. The number of nitrogens with zero attached hydrogens (tertiary/aromatic N) is 1. The quantitative estimate of drug-likeness (QED) is 0.899. The summed E-state index contributed by atoms with van der Waals surface area (Å²) in [5.74, 6) is 0.314. The summed E-state index contributed by atoms with van der Waals surface area (Å²) in [6.07, 6.45) is 1.52. The highest BCUT2D eigenvalue weighted by Crippen LogP contribution is 2.29. The molecule has 0 radical (unpaired) electrons. The van der Waals surface area contributed by atoms with Crippen LogP contribution in [0.4, 0.5) is 0 Å². The van der Waals surface area contributed by atoms with Gasteiger partial charge in [-0.3, -0.25) is 9.69 Å². The van der Waals surface area contributed by atoms with Crippen molar-refractivity contribution < 1.29 is 9.47 Å². The Morgan fingerprint density at radius 2 is 2.17 bits per heavy atom. The molecule has 1 aliphatic heterocycles. The topological polar surface area (TPSA) is 54.6 Å². The third kappa shape index (κ3) is 3.92. The van der Waals surface area contributed by atoms with Crippen molar-refractivity contribution in [3.05, 3.63) is 62.0 Å². The summed E-state index contributed by atoms with van der Waals surface area (Å²) in [7, 11) is 1.48. The number of benzene rings is 1. The average Bonchev–Trinajstić information content (AvgIpc) is 2.58. The number of halogens is 2. The van der Waals surface area contributed by atoms with Crippen LogP contribution in [0.3, 0.4) is 0 Å². The van der Waals surface area contributed by atoms with Gasteiger partial charge in [0.2, 0.25) is 5.43 Å². The molecule has 1 aliphatic rings. The molecule has 3 rings (SSSR count). The fourth-order valence-electron chi connectivity index (χ4n) is 2.75. The van der Waals surface area contributed by atoms with Crippen LogP contribution in [-0.4, -0.2) is 36.7 Å². The van der Waals surface area contributed by atoms with E-state index in [1.54, 1.807) is 18.3 Å². The molecule has 1 N–H and O–H groups in total. The number of hydrogen-bond acceptors (Lipinski definition) is 4. The largest absolute Gasteiger partial charge is 0.491 e. The first-order valence-electron chi connectivity index (χ1n) is 7.61. The highest BCUT2D eigenvalue weighted by atomic mass is 35.5. The molecule has 2 heterocycles. The van der Waals surface area contributed by atoms with E-state index in [2.05, 4.69) is 9.88 Å². The minimum atomic E-state index is -0.124. The predicted octanol–water partition coefficient (Wildman–Crippen LogP) is 3.26. The van der Waals surface area contributed by atoms with E-state index in [0.717, 1.165) is 17.8 Å². The molecule has 1 atom stereocenters. The van der Waals surface area contributed by atoms with Crippen molar-refractivity contribution in [2.75, 3.05) is 26.8 Å². The molecule has 1 unspecified atom stereocenters. The van der Waals surface area contributed by atoms with Gasteiger partial charge in [-0.2, -0.15) is 0 Å². The zero-order valence-electron chi connectivity index (χ0n) is 13.2. The van der Waals surface area contributed by atoms with Gasteiger partial charge in [0.25, 0.3) is 0 Å². The van der Waals surface area contributed by atoms with Gasteiger partial charge in [0.15, 0.2) is 5.75 Å². The molecular weight excluding hydrogens is 351 g/mol. The van der Waals surface area contributed by atoms with Crippen molar-refractivity contribution in [3.63, 3.8) is 0 Å². The minimum absolute atomic E-state index is 0.0708. The Labute approximate surface area is 150 Å². The standard InChI is InChI=1S/C17H18Cl2N2O3/c1-23-16-8-20-12(7-15(16)22)9-21-4-5-24-17(10-21)11-2-3-13(18)14(19)6-11/h2-3,6-8,17H,4-5,9-10H2,1H3,(H,20,22). The molecule has 0 amide bonds. The number of H-pyrrole nitrogens is 1. The number of morpholine rings is 1. The lowest BCUT2D eigenvalue weighted by atomic mass is 10.1.